The zero-order valence-corrected chi connectivity index (χ0v) is 9.77. The molecule has 80 valence electrons. The van der Waals surface area contributed by atoms with Crippen molar-refractivity contribution in [3.63, 3.8) is 0 Å². The molecule has 0 aliphatic heterocycles. The van der Waals surface area contributed by atoms with Gasteiger partial charge >= 0.3 is 0 Å². The fourth-order valence-corrected chi connectivity index (χ4v) is 1.91. The Morgan fingerprint density at radius 1 is 1.47 bits per heavy atom. The molecule has 0 saturated heterocycles. The molecule has 1 heterocycles. The van der Waals surface area contributed by atoms with Gasteiger partial charge in [-0.15, -0.1) is 0 Å². The fraction of sp³-hybridized carbons (Fsp3) is 0.500. The van der Waals surface area contributed by atoms with Crippen molar-refractivity contribution in [1.82, 2.24) is 9.97 Å². The average Bonchev–Trinajstić information content (AvgIpc) is 2.18. The van der Waals surface area contributed by atoms with Gasteiger partial charge in [-0.3, -0.25) is 0 Å². The van der Waals surface area contributed by atoms with Crippen LogP contribution >= 0.6 is 11.8 Å². The maximum Gasteiger partial charge on any atom is 0.145 e. The highest BCUT2D eigenvalue weighted by Gasteiger charge is 2.08. The van der Waals surface area contributed by atoms with E-state index in [1.165, 1.54) is 0 Å². The molecule has 0 fully saturated rings. The van der Waals surface area contributed by atoms with Crippen LogP contribution in [0.5, 0.6) is 0 Å². The summed E-state index contributed by atoms with van der Waals surface area (Å²) in [7, 11) is 0. The van der Waals surface area contributed by atoms with E-state index in [1.807, 2.05) is 6.07 Å². The van der Waals surface area contributed by atoms with E-state index in [-0.39, 0.29) is 5.82 Å². The van der Waals surface area contributed by atoms with E-state index >= 15 is 0 Å². The largest absolute Gasteiger partial charge is 0.382 e. The number of nitrogen functional groups attached to an aromatic ring is 1. The normalized spacial score (nSPS) is 9.93. The first-order valence-electron chi connectivity index (χ1n) is 4.79. The van der Waals surface area contributed by atoms with Gasteiger partial charge in [0.1, 0.15) is 23.3 Å². The van der Waals surface area contributed by atoms with Crippen LogP contribution in [0.2, 0.25) is 0 Å². The molecule has 0 saturated carbocycles. The molecule has 1 rings (SSSR count). The molecule has 15 heavy (non-hydrogen) atoms. The van der Waals surface area contributed by atoms with E-state index in [0.717, 1.165) is 17.9 Å². The highest BCUT2D eigenvalue weighted by atomic mass is 32.2. The summed E-state index contributed by atoms with van der Waals surface area (Å²) in [5.74, 6) is 2.84. The van der Waals surface area contributed by atoms with Gasteiger partial charge in [0.05, 0.1) is 11.4 Å². The number of anilines is 1. The van der Waals surface area contributed by atoms with Crippen LogP contribution in [0.4, 0.5) is 5.82 Å². The average molecular weight is 222 g/mol. The molecule has 0 radical (unpaired) electrons. The Morgan fingerprint density at radius 2 is 2.20 bits per heavy atom. The molecule has 0 amide bonds. The Morgan fingerprint density at radius 3 is 2.73 bits per heavy atom. The lowest BCUT2D eigenvalue weighted by molar-refractivity contribution is 0.991. The van der Waals surface area contributed by atoms with Gasteiger partial charge in [0.25, 0.3) is 0 Å². The molecule has 0 aliphatic rings. The van der Waals surface area contributed by atoms with Crippen LogP contribution in [0.25, 0.3) is 0 Å². The van der Waals surface area contributed by atoms with Crippen molar-refractivity contribution in [2.75, 3.05) is 11.5 Å². The smallest absolute Gasteiger partial charge is 0.145 e. The number of aryl methyl sites for hydroxylation is 1. The summed E-state index contributed by atoms with van der Waals surface area (Å²) < 4.78 is 0. The van der Waals surface area contributed by atoms with Gasteiger partial charge < -0.3 is 5.73 Å². The number of nitrogens with two attached hydrogens (primary N) is 1. The molecule has 0 bridgehead atoms. The van der Waals surface area contributed by atoms with Crippen LogP contribution in [0.3, 0.4) is 0 Å². The van der Waals surface area contributed by atoms with E-state index in [9.17, 15) is 0 Å². The van der Waals surface area contributed by atoms with Crippen LogP contribution in [-0.4, -0.2) is 15.7 Å². The minimum atomic E-state index is 0.289. The molecular formula is C10H14N4S. The highest BCUT2D eigenvalue weighted by Crippen LogP contribution is 2.15. The second kappa shape index (κ2) is 5.56. The third-order valence-corrected chi connectivity index (χ3v) is 3.01. The summed E-state index contributed by atoms with van der Waals surface area (Å²) >= 11 is 1.77. The summed E-state index contributed by atoms with van der Waals surface area (Å²) in [4.78, 5) is 8.34. The van der Waals surface area contributed by atoms with E-state index in [0.29, 0.717) is 17.1 Å². The molecule has 0 unspecified atom stereocenters. The van der Waals surface area contributed by atoms with Gasteiger partial charge in [0.2, 0.25) is 0 Å². The zero-order chi connectivity index (χ0) is 11.3. The molecule has 5 heteroatoms. The summed E-state index contributed by atoms with van der Waals surface area (Å²) in [5, 5.41) is 8.79. The van der Waals surface area contributed by atoms with Crippen LogP contribution in [0.15, 0.2) is 0 Å². The van der Waals surface area contributed by atoms with Crippen LogP contribution in [0, 0.1) is 18.3 Å². The van der Waals surface area contributed by atoms with Crippen LogP contribution < -0.4 is 5.73 Å². The van der Waals surface area contributed by atoms with Gasteiger partial charge in [-0.1, -0.05) is 6.92 Å². The minimum absolute atomic E-state index is 0.289. The molecule has 0 aromatic carbocycles. The predicted octanol–water partition coefficient (Wildman–Crippen LogP) is 1.88. The summed E-state index contributed by atoms with van der Waals surface area (Å²) in [6.45, 7) is 3.91. The number of hydrogen-bond donors (Lipinski definition) is 1. The third-order valence-electron chi connectivity index (χ3n) is 1.86. The first-order valence-corrected chi connectivity index (χ1v) is 5.95. The Bertz CT molecular complexity index is 360. The molecule has 2 N–H and O–H groups in total. The molecule has 0 aliphatic carbocycles. The second-order valence-corrected chi connectivity index (χ2v) is 4.26. The third kappa shape index (κ3) is 3.10. The Kier molecular flexibility index (Phi) is 4.37. The van der Waals surface area contributed by atoms with Gasteiger partial charge in [-0.05, 0) is 19.1 Å². The lowest BCUT2D eigenvalue weighted by Gasteiger charge is -2.04. The molecule has 4 nitrogen and oxygen atoms in total. The van der Waals surface area contributed by atoms with Crippen molar-refractivity contribution in [1.29, 1.82) is 5.26 Å². The van der Waals surface area contributed by atoms with Crippen molar-refractivity contribution in [3.05, 3.63) is 17.1 Å². The van der Waals surface area contributed by atoms with E-state index < -0.39 is 0 Å². The van der Waals surface area contributed by atoms with Crippen molar-refractivity contribution in [2.24, 2.45) is 0 Å². The molecule has 0 spiro atoms. The van der Waals surface area contributed by atoms with Gasteiger partial charge in [0, 0.05) is 0 Å². The Balaban J connectivity index is 2.81. The van der Waals surface area contributed by atoms with Crippen LogP contribution in [-0.2, 0) is 5.75 Å². The summed E-state index contributed by atoms with van der Waals surface area (Å²) in [5.41, 5.74) is 6.71. The fourth-order valence-electron chi connectivity index (χ4n) is 1.17. The lowest BCUT2D eigenvalue weighted by Crippen LogP contribution is -2.04. The van der Waals surface area contributed by atoms with Crippen LogP contribution in [0.1, 0.15) is 30.4 Å². The number of nitriles is 1. The van der Waals surface area contributed by atoms with E-state index in [4.69, 9.17) is 11.0 Å². The SMILES string of the molecule is CCCSCc1nc(C)c(C#N)c(N)n1. The second-order valence-electron chi connectivity index (χ2n) is 3.15. The maximum absolute atomic E-state index is 8.79. The topological polar surface area (TPSA) is 75.6 Å². The maximum atomic E-state index is 8.79. The predicted molar refractivity (Wildman–Crippen MR) is 62.3 cm³/mol. The number of thioether (sulfide) groups is 1. The standard InChI is InChI=1S/C10H14N4S/c1-3-4-15-6-9-13-7(2)8(5-11)10(12)14-9/h3-4,6H2,1-2H3,(H2,12,13,14). The Labute approximate surface area is 93.9 Å². The first-order chi connectivity index (χ1) is 7.19. The number of nitrogens with zero attached hydrogens (tertiary/aromatic N) is 3. The monoisotopic (exact) mass is 222 g/mol. The molecule has 1 aromatic rings. The molecule has 1 aromatic heterocycles. The number of hydrogen-bond acceptors (Lipinski definition) is 5. The highest BCUT2D eigenvalue weighted by molar-refractivity contribution is 7.98. The summed E-state index contributed by atoms with van der Waals surface area (Å²) in [6, 6.07) is 2.00. The first kappa shape index (κ1) is 11.8. The number of rotatable bonds is 4. The van der Waals surface area contributed by atoms with Gasteiger partial charge in [-0.2, -0.15) is 17.0 Å². The quantitative estimate of drug-likeness (QED) is 0.787. The van der Waals surface area contributed by atoms with E-state index in [1.54, 1.807) is 18.7 Å². The summed E-state index contributed by atoms with van der Waals surface area (Å²) in [6.07, 6.45) is 1.13. The van der Waals surface area contributed by atoms with Crippen molar-refractivity contribution >= 4 is 17.6 Å². The van der Waals surface area contributed by atoms with E-state index in [2.05, 4.69) is 16.9 Å². The van der Waals surface area contributed by atoms with Crippen molar-refractivity contribution in [3.8, 4) is 6.07 Å². The lowest BCUT2D eigenvalue weighted by atomic mass is 10.2. The van der Waals surface area contributed by atoms with Gasteiger partial charge in [0.15, 0.2) is 0 Å². The van der Waals surface area contributed by atoms with Crippen molar-refractivity contribution in [2.45, 2.75) is 26.0 Å². The minimum Gasteiger partial charge on any atom is -0.382 e. The zero-order valence-electron chi connectivity index (χ0n) is 8.95. The van der Waals surface area contributed by atoms with Gasteiger partial charge in [-0.25, -0.2) is 9.97 Å². The Hall–Kier alpha value is -1.28. The molecule has 0 atom stereocenters. The van der Waals surface area contributed by atoms with Crippen molar-refractivity contribution < 1.29 is 0 Å². The number of aromatic nitrogens is 2. The molecular weight excluding hydrogens is 208 g/mol.